The second-order valence-corrected chi connectivity index (χ2v) is 5.12. The number of carbonyl (C=O) groups excluding carboxylic acids is 1. The molecule has 0 aliphatic carbocycles. The van der Waals surface area contributed by atoms with Gasteiger partial charge in [0.25, 0.3) is 5.91 Å². The van der Waals surface area contributed by atoms with Gasteiger partial charge in [-0.15, -0.1) is 0 Å². The molecule has 1 unspecified atom stereocenters. The molecular weight excluding hydrogens is 236 g/mol. The second kappa shape index (κ2) is 7.82. The highest BCUT2D eigenvalue weighted by Gasteiger charge is 2.11. The summed E-state index contributed by atoms with van der Waals surface area (Å²) >= 11 is 0. The van der Waals surface area contributed by atoms with E-state index in [1.54, 1.807) is 0 Å². The van der Waals surface area contributed by atoms with E-state index in [0.29, 0.717) is 0 Å². The number of hydrogen-bond acceptors (Lipinski definition) is 2. The average Bonchev–Trinajstić information content (AvgIpc) is 2.36. The number of rotatable bonds is 7. The maximum absolute atomic E-state index is 12.1. The first kappa shape index (κ1) is 15.5. The van der Waals surface area contributed by atoms with Crippen LogP contribution in [0.3, 0.4) is 0 Å². The zero-order valence-electron chi connectivity index (χ0n) is 12.5. The molecule has 0 saturated heterocycles. The Morgan fingerprint density at radius 1 is 1.26 bits per heavy atom. The molecule has 1 amide bonds. The molecule has 1 aromatic carbocycles. The maximum atomic E-state index is 12.1. The highest BCUT2D eigenvalue weighted by atomic mass is 16.1. The molecule has 0 saturated carbocycles. The minimum absolute atomic E-state index is 0.0282. The number of aryl methyl sites for hydroxylation is 1. The van der Waals surface area contributed by atoms with E-state index in [9.17, 15) is 4.79 Å². The Balaban J connectivity index is 2.70. The summed E-state index contributed by atoms with van der Waals surface area (Å²) in [6.45, 7) is 9.25. The van der Waals surface area contributed by atoms with Crippen LogP contribution in [0.5, 0.6) is 0 Å². The van der Waals surface area contributed by atoms with Crippen LogP contribution in [0, 0.1) is 6.92 Å². The molecule has 0 heterocycles. The van der Waals surface area contributed by atoms with Crippen molar-refractivity contribution in [3.8, 4) is 0 Å². The normalized spacial score (nSPS) is 12.0. The van der Waals surface area contributed by atoms with Gasteiger partial charge in [0, 0.05) is 23.8 Å². The Bertz CT molecular complexity index is 415. The van der Waals surface area contributed by atoms with Gasteiger partial charge in [-0.25, -0.2) is 0 Å². The second-order valence-electron chi connectivity index (χ2n) is 5.12. The molecule has 2 N–H and O–H groups in total. The average molecular weight is 262 g/mol. The summed E-state index contributed by atoms with van der Waals surface area (Å²) in [5.41, 5.74) is 2.87. The number of nitrogens with one attached hydrogen (secondary N) is 2. The van der Waals surface area contributed by atoms with Crippen molar-refractivity contribution in [2.24, 2.45) is 0 Å². The van der Waals surface area contributed by atoms with Crippen molar-refractivity contribution >= 4 is 11.6 Å². The van der Waals surface area contributed by atoms with Crippen LogP contribution >= 0.6 is 0 Å². The summed E-state index contributed by atoms with van der Waals surface area (Å²) in [7, 11) is 0. The van der Waals surface area contributed by atoms with Gasteiger partial charge in [-0.05, 0) is 50.5 Å². The van der Waals surface area contributed by atoms with Crippen molar-refractivity contribution < 1.29 is 4.79 Å². The fourth-order valence-corrected chi connectivity index (χ4v) is 2.10. The monoisotopic (exact) mass is 262 g/mol. The lowest BCUT2D eigenvalue weighted by atomic mass is 10.1. The molecule has 1 atom stereocenters. The summed E-state index contributed by atoms with van der Waals surface area (Å²) in [4.78, 5) is 12.1. The topological polar surface area (TPSA) is 41.1 Å². The molecule has 1 aromatic rings. The fourth-order valence-electron chi connectivity index (χ4n) is 2.10. The molecule has 3 nitrogen and oxygen atoms in total. The Labute approximate surface area is 116 Å². The molecule has 3 heteroatoms. The number of hydrogen-bond donors (Lipinski definition) is 2. The van der Waals surface area contributed by atoms with Gasteiger partial charge in [0.2, 0.25) is 0 Å². The van der Waals surface area contributed by atoms with Crippen LogP contribution < -0.4 is 10.6 Å². The molecule has 0 radical (unpaired) electrons. The molecule has 0 spiro atoms. The van der Waals surface area contributed by atoms with E-state index in [-0.39, 0.29) is 11.9 Å². The van der Waals surface area contributed by atoms with Crippen LogP contribution in [-0.2, 0) is 0 Å². The van der Waals surface area contributed by atoms with E-state index in [1.807, 2.05) is 32.0 Å². The van der Waals surface area contributed by atoms with Gasteiger partial charge in [0.15, 0.2) is 0 Å². The summed E-state index contributed by atoms with van der Waals surface area (Å²) in [5, 5.41) is 6.37. The third kappa shape index (κ3) is 4.93. The van der Waals surface area contributed by atoms with Crippen molar-refractivity contribution in [2.45, 2.75) is 53.0 Å². The summed E-state index contributed by atoms with van der Waals surface area (Å²) in [6.07, 6.45) is 3.19. The molecule has 106 valence electrons. The lowest BCUT2D eigenvalue weighted by Crippen LogP contribution is -2.32. The zero-order chi connectivity index (χ0) is 14.3. The third-order valence-electron chi connectivity index (χ3n) is 3.15. The van der Waals surface area contributed by atoms with Gasteiger partial charge in [0.05, 0.1) is 0 Å². The molecule has 0 fully saturated rings. The first-order valence-corrected chi connectivity index (χ1v) is 7.23. The molecule has 0 aliphatic heterocycles. The molecule has 0 aromatic heterocycles. The SMILES string of the molecule is CCCNc1ccc(C(=O)NC(C)CCC)c(C)c1. The van der Waals surface area contributed by atoms with Crippen LogP contribution in [0.2, 0.25) is 0 Å². The van der Waals surface area contributed by atoms with Gasteiger partial charge in [-0.3, -0.25) is 4.79 Å². The van der Waals surface area contributed by atoms with E-state index in [0.717, 1.165) is 42.6 Å². The number of anilines is 1. The van der Waals surface area contributed by atoms with E-state index < -0.39 is 0 Å². The number of benzene rings is 1. The summed E-state index contributed by atoms with van der Waals surface area (Å²) in [5.74, 6) is 0.0282. The van der Waals surface area contributed by atoms with Crippen molar-refractivity contribution in [1.29, 1.82) is 0 Å². The number of amides is 1. The Morgan fingerprint density at radius 2 is 2.00 bits per heavy atom. The minimum Gasteiger partial charge on any atom is -0.385 e. The maximum Gasteiger partial charge on any atom is 0.251 e. The van der Waals surface area contributed by atoms with Crippen LogP contribution in [0.15, 0.2) is 18.2 Å². The summed E-state index contributed by atoms with van der Waals surface area (Å²) in [6, 6.07) is 6.15. The summed E-state index contributed by atoms with van der Waals surface area (Å²) < 4.78 is 0. The van der Waals surface area contributed by atoms with Gasteiger partial charge in [0.1, 0.15) is 0 Å². The van der Waals surface area contributed by atoms with Crippen LogP contribution in [0.25, 0.3) is 0 Å². The van der Waals surface area contributed by atoms with Crippen molar-refractivity contribution in [2.75, 3.05) is 11.9 Å². The first-order chi connectivity index (χ1) is 9.08. The lowest BCUT2D eigenvalue weighted by molar-refractivity contribution is 0.0937. The zero-order valence-corrected chi connectivity index (χ0v) is 12.5. The van der Waals surface area contributed by atoms with E-state index in [4.69, 9.17) is 0 Å². The highest BCUT2D eigenvalue weighted by molar-refractivity contribution is 5.96. The highest BCUT2D eigenvalue weighted by Crippen LogP contribution is 2.15. The van der Waals surface area contributed by atoms with Crippen LogP contribution in [0.4, 0.5) is 5.69 Å². The largest absolute Gasteiger partial charge is 0.385 e. The van der Waals surface area contributed by atoms with Crippen molar-refractivity contribution in [3.05, 3.63) is 29.3 Å². The number of carbonyl (C=O) groups is 1. The molecular formula is C16H26N2O. The standard InChI is InChI=1S/C16H26N2O/c1-5-7-13(4)18-16(19)15-9-8-14(11-12(15)3)17-10-6-2/h8-9,11,13,17H,5-7,10H2,1-4H3,(H,18,19). The van der Waals surface area contributed by atoms with Gasteiger partial charge in [-0.1, -0.05) is 20.3 Å². The smallest absolute Gasteiger partial charge is 0.251 e. The molecule has 1 rings (SSSR count). The lowest BCUT2D eigenvalue weighted by Gasteiger charge is -2.15. The Kier molecular flexibility index (Phi) is 6.40. The van der Waals surface area contributed by atoms with Crippen molar-refractivity contribution in [3.63, 3.8) is 0 Å². The van der Waals surface area contributed by atoms with E-state index in [1.165, 1.54) is 0 Å². The predicted octanol–water partition coefficient (Wildman–Crippen LogP) is 3.74. The van der Waals surface area contributed by atoms with Gasteiger partial charge < -0.3 is 10.6 Å². The van der Waals surface area contributed by atoms with Gasteiger partial charge >= 0.3 is 0 Å². The molecule has 0 bridgehead atoms. The fraction of sp³-hybridized carbons (Fsp3) is 0.562. The third-order valence-corrected chi connectivity index (χ3v) is 3.15. The van der Waals surface area contributed by atoms with Crippen molar-refractivity contribution in [1.82, 2.24) is 5.32 Å². The Hall–Kier alpha value is -1.51. The predicted molar refractivity (Wildman–Crippen MR) is 81.8 cm³/mol. The molecule has 19 heavy (non-hydrogen) atoms. The van der Waals surface area contributed by atoms with Gasteiger partial charge in [-0.2, -0.15) is 0 Å². The minimum atomic E-state index is 0.0282. The Morgan fingerprint density at radius 3 is 2.58 bits per heavy atom. The molecule has 0 aliphatic rings. The van der Waals surface area contributed by atoms with Crippen LogP contribution in [0.1, 0.15) is 56.0 Å². The quantitative estimate of drug-likeness (QED) is 0.786. The van der Waals surface area contributed by atoms with Crippen LogP contribution in [-0.4, -0.2) is 18.5 Å². The van der Waals surface area contributed by atoms with E-state index in [2.05, 4.69) is 24.5 Å². The van der Waals surface area contributed by atoms with E-state index >= 15 is 0 Å². The first-order valence-electron chi connectivity index (χ1n) is 7.23.